The van der Waals surface area contributed by atoms with Crippen molar-refractivity contribution in [1.82, 2.24) is 0 Å². The van der Waals surface area contributed by atoms with Crippen LogP contribution >= 0.6 is 11.6 Å². The number of ether oxygens (including phenoxy) is 1. The van der Waals surface area contributed by atoms with Crippen LogP contribution in [0.3, 0.4) is 0 Å². The van der Waals surface area contributed by atoms with Crippen molar-refractivity contribution in [2.45, 2.75) is 37.9 Å². The maximum atomic E-state index is 10.6. The van der Waals surface area contributed by atoms with Gasteiger partial charge in [0.15, 0.2) is 0 Å². The van der Waals surface area contributed by atoms with Gasteiger partial charge < -0.3 is 9.84 Å². The highest BCUT2D eigenvalue weighted by atomic mass is 35.5. The van der Waals surface area contributed by atoms with E-state index in [-0.39, 0.29) is 16.8 Å². The Hall–Kier alpha value is -1.33. The van der Waals surface area contributed by atoms with Crippen molar-refractivity contribution in [3.8, 4) is 5.75 Å². The van der Waals surface area contributed by atoms with Gasteiger partial charge in [0, 0.05) is 12.1 Å². The smallest absolute Gasteiger partial charge is 0.288 e. The molecule has 1 aliphatic rings. The zero-order chi connectivity index (χ0) is 13.1. The number of benzene rings is 1. The molecule has 2 unspecified atom stereocenters. The number of nitro groups is 1. The molecule has 0 amide bonds. The first-order chi connectivity index (χ1) is 8.58. The van der Waals surface area contributed by atoms with E-state index in [1.165, 1.54) is 18.2 Å². The standard InChI is InChI=1S/C12H14ClNO4/c13-9-7-8(5-6-10(9)14(16)17)18-12-4-2-1-3-11(12)15/h5-7,11-12,15H,1-4H2. The van der Waals surface area contributed by atoms with Crippen LogP contribution in [0.1, 0.15) is 25.7 Å². The van der Waals surface area contributed by atoms with Crippen LogP contribution in [-0.2, 0) is 0 Å². The van der Waals surface area contributed by atoms with E-state index in [0.717, 1.165) is 25.7 Å². The number of aliphatic hydroxyl groups is 1. The Balaban J connectivity index is 2.10. The lowest BCUT2D eigenvalue weighted by molar-refractivity contribution is -0.384. The summed E-state index contributed by atoms with van der Waals surface area (Å²) in [4.78, 5) is 10.1. The van der Waals surface area contributed by atoms with E-state index >= 15 is 0 Å². The summed E-state index contributed by atoms with van der Waals surface area (Å²) in [6, 6.07) is 4.24. The van der Waals surface area contributed by atoms with Gasteiger partial charge in [-0.15, -0.1) is 0 Å². The molecule has 2 atom stereocenters. The van der Waals surface area contributed by atoms with Crippen molar-refractivity contribution < 1.29 is 14.8 Å². The van der Waals surface area contributed by atoms with E-state index in [0.29, 0.717) is 5.75 Å². The number of hydrogen-bond acceptors (Lipinski definition) is 4. The molecular formula is C12H14ClNO4. The lowest BCUT2D eigenvalue weighted by Crippen LogP contribution is -2.34. The molecule has 98 valence electrons. The zero-order valence-electron chi connectivity index (χ0n) is 9.71. The summed E-state index contributed by atoms with van der Waals surface area (Å²) in [5.74, 6) is 0.455. The number of nitrogens with zero attached hydrogens (tertiary/aromatic N) is 1. The Morgan fingerprint density at radius 1 is 1.39 bits per heavy atom. The molecule has 1 aromatic rings. The maximum absolute atomic E-state index is 10.6. The van der Waals surface area contributed by atoms with Crippen LogP contribution in [0.25, 0.3) is 0 Å². The average molecular weight is 272 g/mol. The van der Waals surface area contributed by atoms with E-state index in [9.17, 15) is 15.2 Å². The molecule has 1 N–H and O–H groups in total. The molecule has 0 aliphatic heterocycles. The van der Waals surface area contributed by atoms with Gasteiger partial charge in [-0.1, -0.05) is 18.0 Å². The molecule has 1 aromatic carbocycles. The summed E-state index contributed by atoms with van der Waals surface area (Å²) in [5, 5.41) is 20.4. The number of nitro benzene ring substituents is 1. The van der Waals surface area contributed by atoms with Crippen LogP contribution in [0.2, 0.25) is 5.02 Å². The Morgan fingerprint density at radius 2 is 2.11 bits per heavy atom. The summed E-state index contributed by atoms with van der Waals surface area (Å²) in [6.45, 7) is 0. The second-order valence-electron chi connectivity index (χ2n) is 4.38. The van der Waals surface area contributed by atoms with Crippen molar-refractivity contribution in [3.05, 3.63) is 33.3 Å². The van der Waals surface area contributed by atoms with Crippen molar-refractivity contribution in [1.29, 1.82) is 0 Å². The van der Waals surface area contributed by atoms with Crippen LogP contribution in [0.15, 0.2) is 18.2 Å². The topological polar surface area (TPSA) is 72.6 Å². The number of halogens is 1. The molecule has 18 heavy (non-hydrogen) atoms. The molecule has 6 heteroatoms. The fourth-order valence-electron chi connectivity index (χ4n) is 2.10. The quantitative estimate of drug-likeness (QED) is 0.678. The van der Waals surface area contributed by atoms with Gasteiger partial charge in [-0.25, -0.2) is 0 Å². The summed E-state index contributed by atoms with van der Waals surface area (Å²) >= 11 is 5.79. The van der Waals surface area contributed by atoms with Gasteiger partial charge in [0.1, 0.15) is 16.9 Å². The molecule has 0 radical (unpaired) electrons. The molecule has 0 aromatic heterocycles. The van der Waals surface area contributed by atoms with E-state index in [1.807, 2.05) is 0 Å². The Morgan fingerprint density at radius 3 is 2.72 bits per heavy atom. The molecule has 0 spiro atoms. The van der Waals surface area contributed by atoms with Crippen LogP contribution in [0.4, 0.5) is 5.69 Å². The van der Waals surface area contributed by atoms with E-state index in [2.05, 4.69) is 0 Å². The monoisotopic (exact) mass is 271 g/mol. The highest BCUT2D eigenvalue weighted by Crippen LogP contribution is 2.30. The minimum atomic E-state index is -0.540. The van der Waals surface area contributed by atoms with Crippen LogP contribution in [0, 0.1) is 10.1 Å². The van der Waals surface area contributed by atoms with E-state index < -0.39 is 11.0 Å². The highest BCUT2D eigenvalue weighted by molar-refractivity contribution is 6.32. The van der Waals surface area contributed by atoms with Gasteiger partial charge in [0.2, 0.25) is 0 Å². The largest absolute Gasteiger partial charge is 0.488 e. The summed E-state index contributed by atoms with van der Waals surface area (Å²) in [5.41, 5.74) is -0.145. The summed E-state index contributed by atoms with van der Waals surface area (Å²) < 4.78 is 5.63. The molecule has 0 saturated heterocycles. The minimum Gasteiger partial charge on any atom is -0.488 e. The Kier molecular flexibility index (Phi) is 4.04. The maximum Gasteiger partial charge on any atom is 0.288 e. The van der Waals surface area contributed by atoms with Crippen LogP contribution in [0.5, 0.6) is 5.75 Å². The fourth-order valence-corrected chi connectivity index (χ4v) is 2.34. The highest BCUT2D eigenvalue weighted by Gasteiger charge is 2.25. The third-order valence-corrected chi connectivity index (χ3v) is 3.37. The average Bonchev–Trinajstić information content (AvgIpc) is 2.32. The molecule has 1 aliphatic carbocycles. The Bertz CT molecular complexity index is 452. The van der Waals surface area contributed by atoms with Gasteiger partial charge in [-0.3, -0.25) is 10.1 Å². The second kappa shape index (κ2) is 5.54. The third-order valence-electron chi connectivity index (χ3n) is 3.07. The first-order valence-corrected chi connectivity index (χ1v) is 6.24. The Labute approximate surface area is 109 Å². The molecule has 1 saturated carbocycles. The summed E-state index contributed by atoms with van der Waals surface area (Å²) in [7, 11) is 0. The van der Waals surface area contributed by atoms with E-state index in [4.69, 9.17) is 16.3 Å². The SMILES string of the molecule is O=[N+]([O-])c1ccc(OC2CCCCC2O)cc1Cl. The molecule has 2 rings (SSSR count). The van der Waals surface area contributed by atoms with Gasteiger partial charge in [0.05, 0.1) is 11.0 Å². The van der Waals surface area contributed by atoms with Gasteiger partial charge in [-0.2, -0.15) is 0 Å². The molecule has 5 nitrogen and oxygen atoms in total. The first-order valence-electron chi connectivity index (χ1n) is 5.86. The predicted octanol–water partition coefficient (Wildman–Crippen LogP) is 2.93. The number of hydrogen-bond donors (Lipinski definition) is 1. The fraction of sp³-hybridized carbons (Fsp3) is 0.500. The predicted molar refractivity (Wildman–Crippen MR) is 67.0 cm³/mol. The zero-order valence-corrected chi connectivity index (χ0v) is 10.5. The van der Waals surface area contributed by atoms with Gasteiger partial charge in [-0.05, 0) is 25.3 Å². The lowest BCUT2D eigenvalue weighted by Gasteiger charge is -2.28. The van der Waals surface area contributed by atoms with Crippen LogP contribution in [-0.4, -0.2) is 22.2 Å². The second-order valence-corrected chi connectivity index (χ2v) is 4.79. The lowest BCUT2D eigenvalue weighted by atomic mass is 9.95. The third kappa shape index (κ3) is 2.91. The van der Waals surface area contributed by atoms with Gasteiger partial charge >= 0.3 is 0 Å². The van der Waals surface area contributed by atoms with Crippen molar-refractivity contribution in [2.24, 2.45) is 0 Å². The van der Waals surface area contributed by atoms with E-state index in [1.54, 1.807) is 0 Å². The van der Waals surface area contributed by atoms with Gasteiger partial charge in [0.25, 0.3) is 5.69 Å². The van der Waals surface area contributed by atoms with Crippen molar-refractivity contribution >= 4 is 17.3 Å². The molecule has 0 bridgehead atoms. The molecular weight excluding hydrogens is 258 g/mol. The normalized spacial score (nSPS) is 23.7. The number of aliphatic hydroxyl groups excluding tert-OH is 1. The van der Waals surface area contributed by atoms with Crippen LogP contribution < -0.4 is 4.74 Å². The van der Waals surface area contributed by atoms with Crippen molar-refractivity contribution in [3.63, 3.8) is 0 Å². The molecule has 0 heterocycles. The van der Waals surface area contributed by atoms with Crippen molar-refractivity contribution in [2.75, 3.05) is 0 Å². The minimum absolute atomic E-state index is 0.0443. The number of rotatable bonds is 3. The first kappa shape index (κ1) is 13.1. The molecule has 1 fully saturated rings. The summed E-state index contributed by atoms with van der Waals surface area (Å²) in [6.07, 6.45) is 2.80.